The Morgan fingerprint density at radius 3 is 2.50 bits per heavy atom. The first-order chi connectivity index (χ1) is 14.3. The van der Waals surface area contributed by atoms with Crippen LogP contribution in [0.3, 0.4) is 0 Å². The van der Waals surface area contributed by atoms with Gasteiger partial charge in [-0.15, -0.1) is 0 Å². The zero-order chi connectivity index (χ0) is 21.2. The highest BCUT2D eigenvalue weighted by atomic mass is 16.5. The summed E-state index contributed by atoms with van der Waals surface area (Å²) in [6, 6.07) is 7.07. The van der Waals surface area contributed by atoms with Gasteiger partial charge in [0.2, 0.25) is 0 Å². The molecule has 0 spiro atoms. The van der Waals surface area contributed by atoms with E-state index in [0.29, 0.717) is 40.7 Å². The van der Waals surface area contributed by atoms with Gasteiger partial charge in [0.1, 0.15) is 36.1 Å². The third-order valence-corrected chi connectivity index (χ3v) is 6.11. The Balaban J connectivity index is 1.56. The van der Waals surface area contributed by atoms with Crippen LogP contribution in [0.5, 0.6) is 28.7 Å². The Morgan fingerprint density at radius 2 is 1.80 bits per heavy atom. The van der Waals surface area contributed by atoms with E-state index in [0.717, 1.165) is 11.1 Å². The fraction of sp³-hybridized carbons (Fsp3) is 0.435. The molecule has 0 amide bonds. The molecule has 5 rings (SSSR count). The van der Waals surface area contributed by atoms with Crippen molar-refractivity contribution >= 4 is 5.78 Å². The molecular weight excluding hydrogens is 388 g/mol. The molecule has 0 saturated carbocycles. The van der Waals surface area contributed by atoms with Gasteiger partial charge in [-0.1, -0.05) is 0 Å². The molecule has 3 aliphatic rings. The molecule has 0 unspecified atom stereocenters. The van der Waals surface area contributed by atoms with Gasteiger partial charge in [0, 0.05) is 23.6 Å². The zero-order valence-electron chi connectivity index (χ0n) is 17.4. The fourth-order valence-corrected chi connectivity index (χ4v) is 4.46. The number of ether oxygens (including phenoxy) is 5. The number of carbonyl (C=O) groups is 1. The van der Waals surface area contributed by atoms with E-state index in [1.54, 1.807) is 52.3 Å². The summed E-state index contributed by atoms with van der Waals surface area (Å²) in [7, 11) is 3.12. The molecular formula is C23H24O7. The molecule has 158 valence electrons. The third kappa shape index (κ3) is 2.72. The Kier molecular flexibility index (Phi) is 4.15. The SMILES string of the molecule is COc1cc2c(cc1OC)[C@H]1C(=O)c3ccc4c(c3O[C@H]1CO2)C[C@@H](C(C)(C)O)O4. The monoisotopic (exact) mass is 412 g/mol. The van der Waals surface area contributed by atoms with Crippen molar-refractivity contribution in [1.82, 2.24) is 0 Å². The van der Waals surface area contributed by atoms with Gasteiger partial charge in [-0.2, -0.15) is 0 Å². The van der Waals surface area contributed by atoms with Crippen molar-refractivity contribution in [2.24, 2.45) is 0 Å². The summed E-state index contributed by atoms with van der Waals surface area (Å²) >= 11 is 0. The van der Waals surface area contributed by atoms with Crippen LogP contribution in [0.2, 0.25) is 0 Å². The molecule has 0 aromatic heterocycles. The molecule has 0 saturated heterocycles. The summed E-state index contributed by atoms with van der Waals surface area (Å²) in [5.74, 6) is 2.36. The van der Waals surface area contributed by atoms with Crippen LogP contribution in [-0.2, 0) is 6.42 Å². The standard InChI is InChI=1S/C23H24O7/c1-23(2,25)19-8-13-14(29-19)6-5-11-21(24)20-12-7-16(26-3)17(27-4)9-15(12)28-10-18(20)30-22(11)13/h5-7,9,18-20,25H,8,10H2,1-4H3/t18-,19-,20+/m0/s1. The quantitative estimate of drug-likeness (QED) is 0.830. The highest BCUT2D eigenvalue weighted by Crippen LogP contribution is 2.50. The van der Waals surface area contributed by atoms with Gasteiger partial charge < -0.3 is 28.8 Å². The average molecular weight is 412 g/mol. The lowest BCUT2D eigenvalue weighted by atomic mass is 9.81. The van der Waals surface area contributed by atoms with Gasteiger partial charge in [-0.3, -0.25) is 4.79 Å². The van der Waals surface area contributed by atoms with Crippen LogP contribution in [-0.4, -0.2) is 49.5 Å². The van der Waals surface area contributed by atoms with E-state index < -0.39 is 23.7 Å². The van der Waals surface area contributed by atoms with Crippen molar-refractivity contribution in [2.45, 2.75) is 44.0 Å². The van der Waals surface area contributed by atoms with E-state index in [2.05, 4.69) is 0 Å². The normalized spacial score (nSPS) is 23.8. The molecule has 3 atom stereocenters. The number of hydrogen-bond acceptors (Lipinski definition) is 7. The second-order valence-electron chi connectivity index (χ2n) is 8.44. The minimum atomic E-state index is -1.00. The highest BCUT2D eigenvalue weighted by Gasteiger charge is 2.46. The maximum Gasteiger partial charge on any atom is 0.178 e. The minimum Gasteiger partial charge on any atom is -0.493 e. The highest BCUT2D eigenvalue weighted by molar-refractivity contribution is 6.06. The number of benzene rings is 2. The lowest BCUT2D eigenvalue weighted by molar-refractivity contribution is -0.0230. The maximum absolute atomic E-state index is 13.5. The van der Waals surface area contributed by atoms with E-state index in [4.69, 9.17) is 23.7 Å². The molecule has 0 radical (unpaired) electrons. The predicted molar refractivity (Wildman–Crippen MR) is 107 cm³/mol. The van der Waals surface area contributed by atoms with Crippen LogP contribution in [0.4, 0.5) is 0 Å². The number of Topliss-reactive ketones (excluding diaryl/α,β-unsaturated/α-hetero) is 1. The number of methoxy groups -OCH3 is 2. The molecule has 2 aromatic carbocycles. The fourth-order valence-electron chi connectivity index (χ4n) is 4.46. The van der Waals surface area contributed by atoms with Gasteiger partial charge >= 0.3 is 0 Å². The van der Waals surface area contributed by atoms with Crippen LogP contribution in [0.1, 0.15) is 41.3 Å². The topological polar surface area (TPSA) is 83.5 Å². The van der Waals surface area contributed by atoms with E-state index in [1.165, 1.54) is 0 Å². The predicted octanol–water partition coefficient (Wildman–Crippen LogP) is 2.90. The number of aliphatic hydroxyl groups is 1. The van der Waals surface area contributed by atoms with E-state index in [9.17, 15) is 9.90 Å². The van der Waals surface area contributed by atoms with Crippen molar-refractivity contribution in [2.75, 3.05) is 20.8 Å². The molecule has 2 aromatic rings. The lowest BCUT2D eigenvalue weighted by Gasteiger charge is -2.37. The molecule has 3 aliphatic heterocycles. The summed E-state index contributed by atoms with van der Waals surface area (Å²) in [6.45, 7) is 3.68. The molecule has 1 N–H and O–H groups in total. The number of carbonyl (C=O) groups excluding carboxylic acids is 1. The number of hydrogen-bond donors (Lipinski definition) is 1. The second kappa shape index (κ2) is 6.54. The summed E-state index contributed by atoms with van der Waals surface area (Å²) in [5.41, 5.74) is 1.07. The number of ketones is 1. The zero-order valence-corrected chi connectivity index (χ0v) is 17.4. The van der Waals surface area contributed by atoms with Gasteiger partial charge in [0.15, 0.2) is 17.3 Å². The van der Waals surface area contributed by atoms with Crippen LogP contribution in [0.25, 0.3) is 0 Å². The Morgan fingerprint density at radius 1 is 1.07 bits per heavy atom. The summed E-state index contributed by atoms with van der Waals surface area (Å²) < 4.78 is 28.9. The number of rotatable bonds is 3. The Bertz CT molecular complexity index is 1040. The first-order valence-electron chi connectivity index (χ1n) is 9.96. The molecule has 0 fully saturated rings. The minimum absolute atomic E-state index is 0.0208. The van der Waals surface area contributed by atoms with Gasteiger partial charge in [0.05, 0.1) is 31.3 Å². The van der Waals surface area contributed by atoms with E-state index in [-0.39, 0.29) is 12.4 Å². The first-order valence-corrected chi connectivity index (χ1v) is 9.96. The molecule has 0 bridgehead atoms. The van der Waals surface area contributed by atoms with Crippen molar-refractivity contribution in [3.8, 4) is 28.7 Å². The summed E-state index contributed by atoms with van der Waals surface area (Å²) in [6.07, 6.45) is -0.367. The third-order valence-electron chi connectivity index (χ3n) is 6.11. The molecule has 7 nitrogen and oxygen atoms in total. The molecule has 0 aliphatic carbocycles. The lowest BCUT2D eigenvalue weighted by Crippen LogP contribution is -2.43. The van der Waals surface area contributed by atoms with E-state index in [1.807, 2.05) is 0 Å². The first kappa shape index (κ1) is 19.1. The van der Waals surface area contributed by atoms with Crippen molar-refractivity contribution in [3.63, 3.8) is 0 Å². The van der Waals surface area contributed by atoms with Crippen molar-refractivity contribution in [3.05, 3.63) is 41.0 Å². The summed E-state index contributed by atoms with van der Waals surface area (Å²) in [5, 5.41) is 10.4. The van der Waals surface area contributed by atoms with Gasteiger partial charge in [-0.05, 0) is 32.0 Å². The average Bonchev–Trinajstić information content (AvgIpc) is 3.18. The van der Waals surface area contributed by atoms with Crippen LogP contribution >= 0.6 is 0 Å². The van der Waals surface area contributed by atoms with Gasteiger partial charge in [0.25, 0.3) is 0 Å². The molecule has 7 heteroatoms. The Hall–Kier alpha value is -2.93. The molecule has 3 heterocycles. The van der Waals surface area contributed by atoms with Crippen molar-refractivity contribution < 1.29 is 33.6 Å². The van der Waals surface area contributed by atoms with Crippen LogP contribution in [0.15, 0.2) is 24.3 Å². The van der Waals surface area contributed by atoms with Crippen LogP contribution in [0, 0.1) is 0 Å². The molecule has 30 heavy (non-hydrogen) atoms. The van der Waals surface area contributed by atoms with Crippen LogP contribution < -0.4 is 23.7 Å². The Labute approximate surface area is 174 Å². The smallest absolute Gasteiger partial charge is 0.178 e. The van der Waals surface area contributed by atoms with Crippen molar-refractivity contribution in [1.29, 1.82) is 0 Å². The van der Waals surface area contributed by atoms with E-state index >= 15 is 0 Å². The number of fused-ring (bicyclic) bond motifs is 6. The maximum atomic E-state index is 13.5. The summed E-state index contributed by atoms with van der Waals surface area (Å²) in [4.78, 5) is 13.5. The second-order valence-corrected chi connectivity index (χ2v) is 8.44. The van der Waals surface area contributed by atoms with Gasteiger partial charge in [-0.25, -0.2) is 0 Å². The largest absolute Gasteiger partial charge is 0.493 e.